The van der Waals surface area contributed by atoms with E-state index in [1.807, 2.05) is 12.1 Å². The summed E-state index contributed by atoms with van der Waals surface area (Å²) in [5.41, 5.74) is 6.57. The molecule has 0 saturated heterocycles. The van der Waals surface area contributed by atoms with E-state index in [1.54, 1.807) is 7.11 Å². The molecule has 0 aliphatic heterocycles. The van der Waals surface area contributed by atoms with Crippen molar-refractivity contribution in [3.63, 3.8) is 0 Å². The van der Waals surface area contributed by atoms with Crippen LogP contribution in [-0.4, -0.2) is 7.11 Å². The van der Waals surface area contributed by atoms with Gasteiger partial charge in [0.15, 0.2) is 0 Å². The zero-order valence-corrected chi connectivity index (χ0v) is 11.3. The first-order valence-electron chi connectivity index (χ1n) is 6.74. The fraction of sp³-hybridized carbons (Fsp3) is 0.222. The van der Waals surface area contributed by atoms with Gasteiger partial charge in [-0.15, -0.1) is 0 Å². The van der Waals surface area contributed by atoms with Gasteiger partial charge in [0, 0.05) is 0 Å². The highest BCUT2D eigenvalue weighted by molar-refractivity contribution is 5.80. The number of hydrogen-bond donors (Lipinski definition) is 0. The summed E-state index contributed by atoms with van der Waals surface area (Å²) < 4.78 is 5.20. The minimum atomic E-state index is 0.884. The number of fused-ring (bicyclic) bond motifs is 1. The molecule has 0 radical (unpaired) electrons. The summed E-state index contributed by atoms with van der Waals surface area (Å²) in [6, 6.07) is 14.7. The first-order chi connectivity index (χ1) is 9.29. The zero-order valence-electron chi connectivity index (χ0n) is 11.3. The second-order valence-electron chi connectivity index (χ2n) is 5.00. The fourth-order valence-electron chi connectivity index (χ4n) is 2.85. The summed E-state index contributed by atoms with van der Waals surface area (Å²) in [6.45, 7) is 4.29. The zero-order chi connectivity index (χ0) is 13.2. The van der Waals surface area contributed by atoms with Crippen molar-refractivity contribution in [3.8, 4) is 5.75 Å². The molecule has 0 unspecified atom stereocenters. The van der Waals surface area contributed by atoms with E-state index < -0.39 is 0 Å². The Hall–Kier alpha value is -2.02. The van der Waals surface area contributed by atoms with Gasteiger partial charge in [-0.05, 0) is 59.2 Å². The minimum Gasteiger partial charge on any atom is -0.497 e. The molecule has 1 heteroatoms. The van der Waals surface area contributed by atoms with Crippen molar-refractivity contribution >= 4 is 5.57 Å². The number of ether oxygens (including phenoxy) is 1. The van der Waals surface area contributed by atoms with Crippen LogP contribution >= 0.6 is 0 Å². The highest BCUT2D eigenvalue weighted by Gasteiger charge is 2.16. The van der Waals surface area contributed by atoms with Crippen molar-refractivity contribution in [2.24, 2.45) is 0 Å². The predicted molar refractivity (Wildman–Crippen MR) is 79.6 cm³/mol. The normalized spacial score (nSPS) is 13.1. The molecule has 0 fully saturated rings. The van der Waals surface area contributed by atoms with Crippen LogP contribution in [0.2, 0.25) is 0 Å². The average molecular weight is 250 g/mol. The number of methoxy groups -OCH3 is 1. The van der Waals surface area contributed by atoms with Crippen LogP contribution in [-0.2, 0) is 12.8 Å². The third-order valence-electron chi connectivity index (χ3n) is 3.91. The number of aryl methyl sites for hydroxylation is 1. The van der Waals surface area contributed by atoms with Gasteiger partial charge in [-0.3, -0.25) is 0 Å². The summed E-state index contributed by atoms with van der Waals surface area (Å²) in [5.74, 6) is 0.884. The molecular formula is C18H18O. The van der Waals surface area contributed by atoms with Gasteiger partial charge in [-0.25, -0.2) is 0 Å². The summed E-state index contributed by atoms with van der Waals surface area (Å²) in [7, 11) is 1.69. The van der Waals surface area contributed by atoms with Gasteiger partial charge in [-0.2, -0.15) is 0 Å². The summed E-state index contributed by atoms with van der Waals surface area (Å²) in [5, 5.41) is 0. The summed E-state index contributed by atoms with van der Waals surface area (Å²) >= 11 is 0. The fourth-order valence-corrected chi connectivity index (χ4v) is 2.85. The third kappa shape index (κ3) is 2.17. The van der Waals surface area contributed by atoms with E-state index in [2.05, 4.69) is 36.9 Å². The predicted octanol–water partition coefficient (Wildman–Crippen LogP) is 4.25. The SMILES string of the molecule is C=C(c1ccc(OC)cc1)c1cccc2c1CCC2. The molecule has 0 spiro atoms. The molecule has 0 N–H and O–H groups in total. The Morgan fingerprint density at radius 1 is 1.05 bits per heavy atom. The van der Waals surface area contributed by atoms with Crippen molar-refractivity contribution in [3.05, 3.63) is 71.3 Å². The quantitative estimate of drug-likeness (QED) is 0.791. The maximum atomic E-state index is 5.20. The van der Waals surface area contributed by atoms with E-state index in [1.165, 1.54) is 41.5 Å². The molecule has 1 nitrogen and oxygen atoms in total. The van der Waals surface area contributed by atoms with E-state index in [0.717, 1.165) is 11.3 Å². The summed E-state index contributed by atoms with van der Waals surface area (Å²) in [4.78, 5) is 0. The van der Waals surface area contributed by atoms with Gasteiger partial charge in [0.25, 0.3) is 0 Å². The molecule has 3 rings (SSSR count). The van der Waals surface area contributed by atoms with Gasteiger partial charge >= 0.3 is 0 Å². The average Bonchev–Trinajstić information content (AvgIpc) is 2.95. The molecule has 2 aromatic rings. The second-order valence-corrected chi connectivity index (χ2v) is 5.00. The Labute approximate surface area is 114 Å². The van der Waals surface area contributed by atoms with Crippen LogP contribution in [0.5, 0.6) is 5.75 Å². The molecule has 0 amide bonds. The molecule has 1 aliphatic rings. The van der Waals surface area contributed by atoms with E-state index in [-0.39, 0.29) is 0 Å². The largest absolute Gasteiger partial charge is 0.497 e. The molecule has 0 atom stereocenters. The van der Waals surface area contributed by atoms with Crippen LogP contribution in [0.25, 0.3) is 5.57 Å². The van der Waals surface area contributed by atoms with E-state index in [0.29, 0.717) is 0 Å². The van der Waals surface area contributed by atoms with Crippen LogP contribution in [0.4, 0.5) is 0 Å². The minimum absolute atomic E-state index is 0.884. The lowest BCUT2D eigenvalue weighted by molar-refractivity contribution is 0.415. The van der Waals surface area contributed by atoms with Gasteiger partial charge in [0.2, 0.25) is 0 Å². The lowest BCUT2D eigenvalue weighted by Gasteiger charge is -2.12. The van der Waals surface area contributed by atoms with E-state index in [4.69, 9.17) is 4.74 Å². The van der Waals surface area contributed by atoms with E-state index in [9.17, 15) is 0 Å². The number of benzene rings is 2. The Morgan fingerprint density at radius 2 is 1.84 bits per heavy atom. The first kappa shape index (κ1) is 12.0. The first-order valence-corrected chi connectivity index (χ1v) is 6.74. The van der Waals surface area contributed by atoms with Crippen LogP contribution in [0.15, 0.2) is 49.0 Å². The Bertz CT molecular complexity index is 608. The monoisotopic (exact) mass is 250 g/mol. The Kier molecular flexibility index (Phi) is 3.12. The van der Waals surface area contributed by atoms with Gasteiger partial charge in [0.1, 0.15) is 5.75 Å². The lowest BCUT2D eigenvalue weighted by Crippen LogP contribution is -1.94. The smallest absolute Gasteiger partial charge is 0.118 e. The molecule has 0 aromatic heterocycles. The molecule has 96 valence electrons. The Balaban J connectivity index is 1.97. The topological polar surface area (TPSA) is 9.23 Å². The number of rotatable bonds is 3. The van der Waals surface area contributed by atoms with Crippen molar-refractivity contribution in [1.82, 2.24) is 0 Å². The molecular weight excluding hydrogens is 232 g/mol. The van der Waals surface area contributed by atoms with Crippen molar-refractivity contribution in [1.29, 1.82) is 0 Å². The highest BCUT2D eigenvalue weighted by Crippen LogP contribution is 2.32. The second kappa shape index (κ2) is 4.93. The standard InChI is InChI=1S/C18H18O/c1-13(14-9-11-16(19-2)12-10-14)17-7-3-5-15-6-4-8-18(15)17/h3,5,7,9-12H,1,4,6,8H2,2H3. The lowest BCUT2D eigenvalue weighted by atomic mass is 9.93. The molecule has 0 bridgehead atoms. The maximum Gasteiger partial charge on any atom is 0.118 e. The number of hydrogen-bond acceptors (Lipinski definition) is 1. The molecule has 19 heavy (non-hydrogen) atoms. The van der Waals surface area contributed by atoms with Crippen LogP contribution in [0.1, 0.15) is 28.7 Å². The van der Waals surface area contributed by atoms with E-state index >= 15 is 0 Å². The van der Waals surface area contributed by atoms with Crippen LogP contribution in [0.3, 0.4) is 0 Å². The van der Waals surface area contributed by atoms with Crippen molar-refractivity contribution in [2.45, 2.75) is 19.3 Å². The highest BCUT2D eigenvalue weighted by atomic mass is 16.5. The summed E-state index contributed by atoms with van der Waals surface area (Å²) in [6.07, 6.45) is 3.65. The molecule has 0 heterocycles. The van der Waals surface area contributed by atoms with Gasteiger partial charge < -0.3 is 4.74 Å². The molecule has 2 aromatic carbocycles. The third-order valence-corrected chi connectivity index (χ3v) is 3.91. The molecule has 1 aliphatic carbocycles. The van der Waals surface area contributed by atoms with Crippen LogP contribution in [0, 0.1) is 0 Å². The van der Waals surface area contributed by atoms with Crippen molar-refractivity contribution < 1.29 is 4.74 Å². The van der Waals surface area contributed by atoms with Crippen LogP contribution < -0.4 is 4.74 Å². The molecule has 0 saturated carbocycles. The van der Waals surface area contributed by atoms with Crippen molar-refractivity contribution in [2.75, 3.05) is 7.11 Å². The van der Waals surface area contributed by atoms with Gasteiger partial charge in [0.05, 0.1) is 7.11 Å². The maximum absolute atomic E-state index is 5.20. The van der Waals surface area contributed by atoms with Gasteiger partial charge in [-0.1, -0.05) is 36.9 Å². The Morgan fingerprint density at radius 3 is 2.58 bits per heavy atom.